The fourth-order valence-electron chi connectivity index (χ4n) is 2.02. The molecule has 118 valence electrons. The molecular formula is C17H14N6O. The van der Waals surface area contributed by atoms with E-state index in [1.54, 1.807) is 0 Å². The average molecular weight is 318 g/mol. The molecule has 0 atom stereocenters. The van der Waals surface area contributed by atoms with Crippen LogP contribution in [-0.2, 0) is 6.61 Å². The highest BCUT2D eigenvalue weighted by Gasteiger charge is 2.07. The highest BCUT2D eigenvalue weighted by molar-refractivity contribution is 5.74. The molecule has 0 unspecified atom stereocenters. The Morgan fingerprint density at radius 2 is 1.96 bits per heavy atom. The SMILES string of the molecule is N#CC(=CNc1ccccc1OCc1ccccc1)c1nn[nH]n1. The molecule has 0 aliphatic carbocycles. The summed E-state index contributed by atoms with van der Waals surface area (Å²) in [4.78, 5) is 0. The molecule has 0 spiro atoms. The first-order valence-electron chi connectivity index (χ1n) is 7.23. The van der Waals surface area contributed by atoms with E-state index in [1.165, 1.54) is 6.20 Å². The number of allylic oxidation sites excluding steroid dienone is 1. The van der Waals surface area contributed by atoms with Crippen molar-refractivity contribution in [2.75, 3.05) is 5.32 Å². The van der Waals surface area contributed by atoms with E-state index in [0.29, 0.717) is 12.4 Å². The van der Waals surface area contributed by atoms with Gasteiger partial charge in [0.25, 0.3) is 0 Å². The molecule has 0 bridgehead atoms. The first-order valence-corrected chi connectivity index (χ1v) is 7.23. The first-order chi connectivity index (χ1) is 11.9. The molecule has 0 amide bonds. The number of para-hydroxylation sites is 2. The molecular weight excluding hydrogens is 304 g/mol. The van der Waals surface area contributed by atoms with E-state index >= 15 is 0 Å². The molecule has 0 saturated carbocycles. The second kappa shape index (κ2) is 7.56. The molecule has 3 rings (SSSR count). The van der Waals surface area contributed by atoms with Crippen molar-refractivity contribution in [2.45, 2.75) is 6.61 Å². The Kier molecular flexibility index (Phi) is 4.80. The van der Waals surface area contributed by atoms with Crippen molar-refractivity contribution in [3.63, 3.8) is 0 Å². The molecule has 24 heavy (non-hydrogen) atoms. The van der Waals surface area contributed by atoms with Gasteiger partial charge in [-0.05, 0) is 22.9 Å². The number of rotatable bonds is 6. The topological polar surface area (TPSA) is 99.5 Å². The minimum atomic E-state index is 0.229. The monoisotopic (exact) mass is 318 g/mol. The van der Waals surface area contributed by atoms with Gasteiger partial charge in [0.2, 0.25) is 5.82 Å². The van der Waals surface area contributed by atoms with Crippen LogP contribution < -0.4 is 10.1 Å². The van der Waals surface area contributed by atoms with Gasteiger partial charge in [-0.15, -0.1) is 10.2 Å². The van der Waals surface area contributed by atoms with Crippen LogP contribution in [0.2, 0.25) is 0 Å². The number of nitrogens with one attached hydrogen (secondary N) is 2. The van der Waals surface area contributed by atoms with Crippen LogP contribution in [-0.4, -0.2) is 20.6 Å². The summed E-state index contributed by atoms with van der Waals surface area (Å²) in [6.45, 7) is 0.458. The van der Waals surface area contributed by atoms with Crippen LogP contribution in [0.3, 0.4) is 0 Å². The number of aromatic amines is 1. The summed E-state index contributed by atoms with van der Waals surface area (Å²) in [5, 5.41) is 25.6. The Morgan fingerprint density at radius 1 is 1.17 bits per heavy atom. The van der Waals surface area contributed by atoms with Crippen molar-refractivity contribution in [3.8, 4) is 11.8 Å². The molecule has 0 aliphatic heterocycles. The lowest BCUT2D eigenvalue weighted by Gasteiger charge is -2.11. The standard InChI is InChI=1S/C17H14N6O/c18-10-14(17-20-22-23-21-17)11-19-15-8-4-5-9-16(15)24-12-13-6-2-1-3-7-13/h1-9,11,19H,12H2,(H,20,21,22,23). The van der Waals surface area contributed by atoms with E-state index in [9.17, 15) is 5.26 Å². The lowest BCUT2D eigenvalue weighted by atomic mass is 10.2. The third-order valence-electron chi connectivity index (χ3n) is 3.20. The minimum absolute atomic E-state index is 0.229. The van der Waals surface area contributed by atoms with Crippen molar-refractivity contribution in [2.24, 2.45) is 0 Å². The van der Waals surface area contributed by atoms with Crippen LogP contribution in [0, 0.1) is 11.3 Å². The maximum Gasteiger partial charge on any atom is 0.216 e. The number of nitriles is 1. The Hall–Kier alpha value is -3.66. The average Bonchev–Trinajstić information content (AvgIpc) is 3.17. The number of nitrogens with zero attached hydrogens (tertiary/aromatic N) is 4. The minimum Gasteiger partial charge on any atom is -0.487 e. The number of H-pyrrole nitrogens is 1. The van der Waals surface area contributed by atoms with Gasteiger partial charge in [0.15, 0.2) is 0 Å². The molecule has 0 radical (unpaired) electrons. The zero-order valence-electron chi connectivity index (χ0n) is 12.7. The lowest BCUT2D eigenvalue weighted by molar-refractivity contribution is 0.308. The second-order valence-corrected chi connectivity index (χ2v) is 4.82. The lowest BCUT2D eigenvalue weighted by Crippen LogP contribution is -1.99. The predicted molar refractivity (Wildman–Crippen MR) is 88.6 cm³/mol. The highest BCUT2D eigenvalue weighted by Crippen LogP contribution is 2.25. The Balaban J connectivity index is 1.73. The van der Waals surface area contributed by atoms with E-state index < -0.39 is 0 Å². The quantitative estimate of drug-likeness (QED) is 0.678. The predicted octanol–water partition coefficient (Wildman–Crippen LogP) is 2.76. The molecule has 7 nitrogen and oxygen atoms in total. The highest BCUT2D eigenvalue weighted by atomic mass is 16.5. The number of ether oxygens (including phenoxy) is 1. The van der Waals surface area contributed by atoms with E-state index in [4.69, 9.17) is 4.74 Å². The number of anilines is 1. The van der Waals surface area contributed by atoms with Crippen LogP contribution in [0.1, 0.15) is 11.4 Å². The Labute approximate surface area is 138 Å². The summed E-state index contributed by atoms with van der Waals surface area (Å²) in [7, 11) is 0. The summed E-state index contributed by atoms with van der Waals surface area (Å²) < 4.78 is 5.86. The van der Waals surface area contributed by atoms with Gasteiger partial charge in [0.05, 0.1) is 5.69 Å². The number of tetrazole rings is 1. The summed E-state index contributed by atoms with van der Waals surface area (Å²) in [6.07, 6.45) is 1.52. The maximum atomic E-state index is 9.19. The molecule has 0 saturated heterocycles. The van der Waals surface area contributed by atoms with Gasteiger partial charge in [-0.1, -0.05) is 42.5 Å². The third kappa shape index (κ3) is 3.75. The number of aromatic nitrogens is 4. The van der Waals surface area contributed by atoms with Gasteiger partial charge in [-0.25, -0.2) is 0 Å². The van der Waals surface area contributed by atoms with Crippen LogP contribution in [0.5, 0.6) is 5.75 Å². The third-order valence-corrected chi connectivity index (χ3v) is 3.20. The van der Waals surface area contributed by atoms with Crippen LogP contribution in [0.25, 0.3) is 5.57 Å². The largest absolute Gasteiger partial charge is 0.487 e. The first kappa shape index (κ1) is 15.2. The fraction of sp³-hybridized carbons (Fsp3) is 0.0588. The molecule has 2 aromatic carbocycles. The van der Waals surface area contributed by atoms with Gasteiger partial charge in [0.1, 0.15) is 24.0 Å². The fourth-order valence-corrected chi connectivity index (χ4v) is 2.02. The smallest absolute Gasteiger partial charge is 0.216 e. The van der Waals surface area contributed by atoms with Gasteiger partial charge in [-0.3, -0.25) is 0 Å². The van der Waals surface area contributed by atoms with Crippen LogP contribution in [0.15, 0.2) is 60.8 Å². The van der Waals surface area contributed by atoms with Gasteiger partial charge in [-0.2, -0.15) is 10.5 Å². The molecule has 1 heterocycles. The molecule has 0 fully saturated rings. The van der Waals surface area contributed by atoms with Crippen molar-refractivity contribution in [1.29, 1.82) is 5.26 Å². The van der Waals surface area contributed by atoms with E-state index in [-0.39, 0.29) is 11.4 Å². The normalized spacial score (nSPS) is 10.9. The van der Waals surface area contributed by atoms with Gasteiger partial charge in [0, 0.05) is 6.20 Å². The van der Waals surface area contributed by atoms with Crippen molar-refractivity contribution in [1.82, 2.24) is 20.6 Å². The zero-order chi connectivity index (χ0) is 16.6. The van der Waals surface area contributed by atoms with Crippen LogP contribution >= 0.6 is 0 Å². The second-order valence-electron chi connectivity index (χ2n) is 4.82. The molecule has 2 N–H and O–H groups in total. The Morgan fingerprint density at radius 3 is 2.71 bits per heavy atom. The van der Waals surface area contributed by atoms with E-state index in [1.807, 2.05) is 60.7 Å². The van der Waals surface area contributed by atoms with E-state index in [2.05, 4.69) is 25.9 Å². The van der Waals surface area contributed by atoms with Gasteiger partial charge >= 0.3 is 0 Å². The van der Waals surface area contributed by atoms with Crippen molar-refractivity contribution < 1.29 is 4.74 Å². The molecule has 7 heteroatoms. The zero-order valence-corrected chi connectivity index (χ0v) is 12.7. The summed E-state index contributed by atoms with van der Waals surface area (Å²) in [5.74, 6) is 0.913. The number of hydrogen-bond donors (Lipinski definition) is 2. The number of benzene rings is 2. The maximum absolute atomic E-state index is 9.19. The van der Waals surface area contributed by atoms with Crippen molar-refractivity contribution in [3.05, 3.63) is 72.2 Å². The van der Waals surface area contributed by atoms with E-state index in [0.717, 1.165) is 11.3 Å². The van der Waals surface area contributed by atoms with Gasteiger partial charge < -0.3 is 10.1 Å². The Bertz CT molecular complexity index is 852. The molecule has 0 aliphatic rings. The van der Waals surface area contributed by atoms with Crippen molar-refractivity contribution >= 4 is 11.3 Å². The number of hydrogen-bond acceptors (Lipinski definition) is 6. The summed E-state index contributed by atoms with van der Waals surface area (Å²) in [6, 6.07) is 19.4. The molecule has 3 aromatic rings. The molecule has 1 aromatic heterocycles. The summed E-state index contributed by atoms with van der Waals surface area (Å²) >= 11 is 0. The van der Waals surface area contributed by atoms with Crippen LogP contribution in [0.4, 0.5) is 5.69 Å². The summed E-state index contributed by atoms with van der Waals surface area (Å²) in [5.41, 5.74) is 2.08.